The van der Waals surface area contributed by atoms with Gasteiger partial charge in [-0.05, 0) is 67.4 Å². The molecule has 1 heterocycles. The topological polar surface area (TPSA) is 65.4 Å². The van der Waals surface area contributed by atoms with E-state index in [1.165, 1.54) is 13.2 Å². The number of halogens is 2. The van der Waals surface area contributed by atoms with Gasteiger partial charge >= 0.3 is 0 Å². The number of benzene rings is 3. The van der Waals surface area contributed by atoms with Crippen LogP contribution in [0.3, 0.4) is 0 Å². The van der Waals surface area contributed by atoms with Crippen molar-refractivity contribution in [2.75, 3.05) is 20.2 Å². The molecule has 1 N–H and O–H groups in total. The first-order chi connectivity index (χ1) is 15.9. The summed E-state index contributed by atoms with van der Waals surface area (Å²) in [6.45, 7) is 3.21. The fraction of sp³-hybridized carbons (Fsp3) is 0.308. The first-order valence-corrected chi connectivity index (χ1v) is 10.9. The summed E-state index contributed by atoms with van der Waals surface area (Å²) < 4.78 is 33.2. The van der Waals surface area contributed by atoms with Crippen molar-refractivity contribution < 1.29 is 18.3 Å². The molecule has 3 aromatic rings. The highest BCUT2D eigenvalue weighted by Gasteiger charge is 2.42. The quantitative estimate of drug-likeness (QED) is 0.596. The van der Waals surface area contributed by atoms with Crippen LogP contribution in [0.25, 0.3) is 10.8 Å². The largest absolute Gasteiger partial charge is 0.495 e. The van der Waals surface area contributed by atoms with Gasteiger partial charge in [-0.1, -0.05) is 30.3 Å². The minimum Gasteiger partial charge on any atom is -0.495 e. The Bertz CT molecular complexity index is 1250. The van der Waals surface area contributed by atoms with Gasteiger partial charge in [-0.2, -0.15) is 5.26 Å². The second-order valence-corrected chi connectivity index (χ2v) is 8.35. The number of nitrogens with zero attached hydrogens (tertiary/aromatic N) is 2. The van der Waals surface area contributed by atoms with E-state index in [0.29, 0.717) is 35.5 Å². The van der Waals surface area contributed by atoms with E-state index in [0.717, 1.165) is 35.7 Å². The van der Waals surface area contributed by atoms with Crippen LogP contribution in [0.5, 0.6) is 5.75 Å². The summed E-state index contributed by atoms with van der Waals surface area (Å²) in [5, 5.41) is 14.3. The van der Waals surface area contributed by atoms with Crippen molar-refractivity contribution in [3.05, 3.63) is 76.9 Å². The molecule has 7 heteroatoms. The predicted octanol–water partition coefficient (Wildman–Crippen LogP) is 4.63. The van der Waals surface area contributed by atoms with Crippen molar-refractivity contribution in [1.29, 1.82) is 5.26 Å². The molecule has 1 aliphatic heterocycles. The molecule has 1 fully saturated rings. The highest BCUT2D eigenvalue weighted by atomic mass is 19.2. The number of carbonyl (C=O) groups is 1. The SMILES string of the molecule is COc1c(C#N)cc2ccccc2c1CNC(=O)C(C)(c1ccc(F)c(F)c1)N1CCCC1. The van der Waals surface area contributed by atoms with E-state index in [1.54, 1.807) is 13.0 Å². The van der Waals surface area contributed by atoms with E-state index < -0.39 is 17.2 Å². The highest BCUT2D eigenvalue weighted by Crippen LogP contribution is 2.35. The maximum atomic E-state index is 14.1. The number of hydrogen-bond acceptors (Lipinski definition) is 4. The van der Waals surface area contributed by atoms with Crippen LogP contribution in [0.1, 0.15) is 36.5 Å². The average molecular weight is 450 g/mol. The number of rotatable bonds is 6. The maximum absolute atomic E-state index is 14.1. The molecular formula is C26H25F2N3O2. The molecule has 4 rings (SSSR count). The molecule has 0 aromatic heterocycles. The Hall–Kier alpha value is -3.50. The van der Waals surface area contributed by atoms with Gasteiger partial charge in [0.2, 0.25) is 5.91 Å². The number of hydrogen-bond donors (Lipinski definition) is 1. The fourth-order valence-electron chi connectivity index (χ4n) is 4.66. The monoisotopic (exact) mass is 449 g/mol. The predicted molar refractivity (Wildman–Crippen MR) is 122 cm³/mol. The third-order valence-corrected chi connectivity index (χ3v) is 6.52. The number of ether oxygens (including phenoxy) is 1. The molecule has 0 saturated carbocycles. The van der Waals surface area contributed by atoms with Gasteiger partial charge < -0.3 is 10.1 Å². The van der Waals surface area contributed by atoms with Gasteiger partial charge in [-0.25, -0.2) is 8.78 Å². The first-order valence-electron chi connectivity index (χ1n) is 10.9. The molecule has 1 aliphatic rings. The second-order valence-electron chi connectivity index (χ2n) is 8.35. The van der Waals surface area contributed by atoms with Crippen LogP contribution in [0.2, 0.25) is 0 Å². The molecular weight excluding hydrogens is 424 g/mol. The molecule has 1 unspecified atom stereocenters. The smallest absolute Gasteiger partial charge is 0.245 e. The molecule has 5 nitrogen and oxygen atoms in total. The van der Waals surface area contributed by atoms with Crippen LogP contribution in [-0.4, -0.2) is 31.0 Å². The van der Waals surface area contributed by atoms with Gasteiger partial charge in [-0.3, -0.25) is 9.69 Å². The maximum Gasteiger partial charge on any atom is 0.245 e. The number of methoxy groups -OCH3 is 1. The van der Waals surface area contributed by atoms with E-state index in [-0.39, 0.29) is 12.5 Å². The average Bonchev–Trinajstić information content (AvgIpc) is 3.38. The van der Waals surface area contributed by atoms with Crippen LogP contribution in [-0.2, 0) is 16.9 Å². The lowest BCUT2D eigenvalue weighted by Gasteiger charge is -2.38. The van der Waals surface area contributed by atoms with Gasteiger partial charge in [0.05, 0.1) is 12.7 Å². The molecule has 1 atom stereocenters. The van der Waals surface area contributed by atoms with Crippen LogP contribution < -0.4 is 10.1 Å². The van der Waals surface area contributed by atoms with E-state index in [4.69, 9.17) is 4.74 Å². The Morgan fingerprint density at radius 3 is 2.55 bits per heavy atom. The number of carbonyl (C=O) groups excluding carboxylic acids is 1. The summed E-state index contributed by atoms with van der Waals surface area (Å²) in [7, 11) is 1.49. The molecule has 0 spiro atoms. The molecule has 0 radical (unpaired) electrons. The lowest BCUT2D eigenvalue weighted by atomic mass is 9.88. The zero-order chi connectivity index (χ0) is 23.6. The molecule has 33 heavy (non-hydrogen) atoms. The van der Waals surface area contributed by atoms with Crippen molar-refractivity contribution in [2.45, 2.75) is 31.8 Å². The van der Waals surface area contributed by atoms with Crippen molar-refractivity contribution in [2.24, 2.45) is 0 Å². The van der Waals surface area contributed by atoms with E-state index in [1.807, 2.05) is 29.2 Å². The van der Waals surface area contributed by atoms with E-state index in [9.17, 15) is 18.8 Å². The van der Waals surface area contributed by atoms with Gasteiger partial charge in [-0.15, -0.1) is 0 Å². The van der Waals surface area contributed by atoms with Crippen molar-refractivity contribution in [1.82, 2.24) is 10.2 Å². The lowest BCUT2D eigenvalue weighted by molar-refractivity contribution is -0.133. The number of likely N-dealkylation sites (tertiary alicyclic amines) is 1. The van der Waals surface area contributed by atoms with Crippen molar-refractivity contribution in [3.63, 3.8) is 0 Å². The van der Waals surface area contributed by atoms with E-state index >= 15 is 0 Å². The Kier molecular flexibility index (Phi) is 6.30. The Morgan fingerprint density at radius 1 is 1.15 bits per heavy atom. The van der Waals surface area contributed by atoms with Crippen molar-refractivity contribution in [3.8, 4) is 11.8 Å². The van der Waals surface area contributed by atoms with Gasteiger partial charge in [0.25, 0.3) is 0 Å². The molecule has 0 aliphatic carbocycles. The third kappa shape index (κ3) is 4.03. The summed E-state index contributed by atoms with van der Waals surface area (Å²) in [5.41, 5.74) is 0.280. The van der Waals surface area contributed by atoms with Crippen LogP contribution >= 0.6 is 0 Å². The number of nitriles is 1. The van der Waals surface area contributed by atoms with Gasteiger partial charge in [0.15, 0.2) is 11.6 Å². The summed E-state index contributed by atoms with van der Waals surface area (Å²) in [6.07, 6.45) is 1.85. The summed E-state index contributed by atoms with van der Waals surface area (Å²) in [4.78, 5) is 15.6. The molecule has 3 aromatic carbocycles. The number of nitrogens with one attached hydrogen (secondary N) is 1. The van der Waals surface area contributed by atoms with Crippen molar-refractivity contribution >= 4 is 16.7 Å². The Morgan fingerprint density at radius 2 is 1.88 bits per heavy atom. The lowest BCUT2D eigenvalue weighted by Crippen LogP contribution is -2.53. The normalized spacial score (nSPS) is 15.7. The van der Waals surface area contributed by atoms with Crippen LogP contribution in [0.15, 0.2) is 48.5 Å². The van der Waals surface area contributed by atoms with E-state index in [2.05, 4.69) is 11.4 Å². The standard InChI is InChI=1S/C26H25F2N3O2/c1-26(31-11-5-6-12-31,19-9-10-22(27)23(28)14-19)25(32)30-16-21-20-8-4-3-7-17(20)13-18(15-29)24(21)33-2/h3-4,7-10,13-14H,5-6,11-12,16H2,1-2H3,(H,30,32). The number of fused-ring (bicyclic) bond motifs is 1. The first kappa shape index (κ1) is 22.7. The molecule has 1 saturated heterocycles. The minimum absolute atomic E-state index is 0.116. The zero-order valence-electron chi connectivity index (χ0n) is 18.6. The summed E-state index contributed by atoms with van der Waals surface area (Å²) in [5.74, 6) is -1.86. The van der Waals surface area contributed by atoms with Gasteiger partial charge in [0.1, 0.15) is 17.4 Å². The second kappa shape index (κ2) is 9.16. The van der Waals surface area contributed by atoms with Crippen LogP contribution in [0, 0.1) is 23.0 Å². The van der Waals surface area contributed by atoms with Gasteiger partial charge in [0, 0.05) is 12.1 Å². The Balaban J connectivity index is 1.72. The molecule has 170 valence electrons. The third-order valence-electron chi connectivity index (χ3n) is 6.52. The fourth-order valence-corrected chi connectivity index (χ4v) is 4.66. The zero-order valence-corrected chi connectivity index (χ0v) is 18.6. The number of amides is 1. The van der Waals surface area contributed by atoms with Crippen LogP contribution in [0.4, 0.5) is 8.78 Å². The summed E-state index contributed by atoms with van der Waals surface area (Å²) >= 11 is 0. The minimum atomic E-state index is -1.18. The Labute approximate surface area is 191 Å². The highest BCUT2D eigenvalue weighted by molar-refractivity contribution is 5.91. The summed E-state index contributed by atoms with van der Waals surface area (Å²) in [6, 6.07) is 15.1. The molecule has 0 bridgehead atoms. The molecule has 1 amide bonds.